The first-order valence-corrected chi connectivity index (χ1v) is 9.10. The predicted molar refractivity (Wildman–Crippen MR) is 104 cm³/mol. The summed E-state index contributed by atoms with van der Waals surface area (Å²) < 4.78 is 0. The lowest BCUT2D eigenvalue weighted by Crippen LogP contribution is -2.40. The van der Waals surface area contributed by atoms with Gasteiger partial charge in [-0.25, -0.2) is 0 Å². The molecule has 2 aromatic carbocycles. The Kier molecular flexibility index (Phi) is 5.78. The summed E-state index contributed by atoms with van der Waals surface area (Å²) in [6.07, 6.45) is 2.46. The van der Waals surface area contributed by atoms with Crippen LogP contribution in [0.15, 0.2) is 42.5 Å². The zero-order valence-electron chi connectivity index (χ0n) is 14.5. The van der Waals surface area contributed by atoms with Crippen molar-refractivity contribution in [1.29, 1.82) is 0 Å². The normalized spacial score (nSPS) is 13.2. The van der Waals surface area contributed by atoms with Gasteiger partial charge in [-0.2, -0.15) is 0 Å². The number of rotatable bonds is 6. The highest BCUT2D eigenvalue weighted by molar-refractivity contribution is 6.30. The number of nitrogens with two attached hydrogens (primary N) is 1. The van der Waals surface area contributed by atoms with Crippen molar-refractivity contribution in [2.75, 3.05) is 24.5 Å². The summed E-state index contributed by atoms with van der Waals surface area (Å²) in [5, 5.41) is 3.66. The molecule has 0 saturated carbocycles. The third-order valence-electron chi connectivity index (χ3n) is 4.60. The lowest BCUT2D eigenvalue weighted by Gasteiger charge is -2.31. The number of carbonyl (C=O) groups is 2. The van der Waals surface area contributed by atoms with Gasteiger partial charge in [0.1, 0.15) is 0 Å². The molecule has 0 aromatic heterocycles. The van der Waals surface area contributed by atoms with E-state index in [4.69, 9.17) is 17.3 Å². The number of nitrogens with one attached hydrogen (secondary N) is 1. The molecule has 1 aliphatic heterocycles. The second-order valence-corrected chi connectivity index (χ2v) is 6.86. The van der Waals surface area contributed by atoms with Gasteiger partial charge in [0.15, 0.2) is 0 Å². The fraction of sp³-hybridized carbons (Fsp3) is 0.300. The highest BCUT2D eigenvalue weighted by Gasteiger charge is 2.22. The largest absolute Gasteiger partial charge is 0.366 e. The van der Waals surface area contributed by atoms with E-state index in [1.807, 2.05) is 41.3 Å². The number of amides is 2. The summed E-state index contributed by atoms with van der Waals surface area (Å²) in [4.78, 5) is 26.0. The van der Waals surface area contributed by atoms with E-state index in [-0.39, 0.29) is 12.5 Å². The number of fused-ring (bicyclic) bond motifs is 1. The summed E-state index contributed by atoms with van der Waals surface area (Å²) in [7, 11) is 0. The van der Waals surface area contributed by atoms with Crippen molar-refractivity contribution >= 4 is 29.1 Å². The standard InChI is InChI=1S/C20H22ClN3O2/c21-15-8-6-14(7-9-15)10-11-23-19(25)13-24-12-2-4-16-17(20(22)26)3-1-5-18(16)24/h1,3,5-9H,2,4,10-13H2,(H2,22,26)(H,23,25). The van der Waals surface area contributed by atoms with Crippen molar-refractivity contribution in [3.8, 4) is 0 Å². The number of anilines is 1. The maximum Gasteiger partial charge on any atom is 0.249 e. The van der Waals surface area contributed by atoms with Crippen molar-refractivity contribution in [2.45, 2.75) is 19.3 Å². The van der Waals surface area contributed by atoms with Crippen LogP contribution >= 0.6 is 11.6 Å². The fourth-order valence-electron chi connectivity index (χ4n) is 3.32. The van der Waals surface area contributed by atoms with Crippen molar-refractivity contribution < 1.29 is 9.59 Å². The molecule has 0 fully saturated rings. The number of hydrogen-bond acceptors (Lipinski definition) is 3. The fourth-order valence-corrected chi connectivity index (χ4v) is 3.45. The third-order valence-corrected chi connectivity index (χ3v) is 4.85. The maximum atomic E-state index is 12.3. The van der Waals surface area contributed by atoms with E-state index in [0.29, 0.717) is 17.1 Å². The smallest absolute Gasteiger partial charge is 0.249 e. The van der Waals surface area contributed by atoms with E-state index in [2.05, 4.69) is 5.32 Å². The molecule has 2 aromatic rings. The Morgan fingerprint density at radius 3 is 2.65 bits per heavy atom. The molecular weight excluding hydrogens is 350 g/mol. The Hall–Kier alpha value is -2.53. The van der Waals surface area contributed by atoms with Gasteiger partial charge in [0.25, 0.3) is 0 Å². The number of halogens is 1. The van der Waals surface area contributed by atoms with E-state index < -0.39 is 5.91 Å². The second kappa shape index (κ2) is 8.23. The first kappa shape index (κ1) is 18.3. The van der Waals surface area contributed by atoms with Crippen LogP contribution in [0.5, 0.6) is 0 Å². The number of carbonyl (C=O) groups excluding carboxylic acids is 2. The van der Waals surface area contributed by atoms with Gasteiger partial charge >= 0.3 is 0 Å². The Bertz CT molecular complexity index is 805. The van der Waals surface area contributed by atoms with Gasteiger partial charge in [-0.05, 0) is 54.7 Å². The molecule has 0 bridgehead atoms. The molecule has 1 heterocycles. The molecule has 0 aliphatic carbocycles. The van der Waals surface area contributed by atoms with Crippen LogP contribution in [0, 0.1) is 0 Å². The van der Waals surface area contributed by atoms with Crippen molar-refractivity contribution in [2.24, 2.45) is 5.73 Å². The number of primary amides is 1. The summed E-state index contributed by atoms with van der Waals surface area (Å²) in [6.45, 7) is 1.64. The molecule has 3 rings (SSSR count). The molecular formula is C20H22ClN3O2. The van der Waals surface area contributed by atoms with Crippen LogP contribution < -0.4 is 16.0 Å². The first-order chi connectivity index (χ1) is 12.5. The van der Waals surface area contributed by atoms with E-state index in [1.165, 1.54) is 0 Å². The maximum absolute atomic E-state index is 12.3. The van der Waals surface area contributed by atoms with E-state index in [1.54, 1.807) is 6.07 Å². The first-order valence-electron chi connectivity index (χ1n) is 8.72. The molecule has 1 aliphatic rings. The van der Waals surface area contributed by atoms with Crippen LogP contribution in [-0.2, 0) is 17.6 Å². The summed E-state index contributed by atoms with van der Waals surface area (Å²) >= 11 is 5.87. The molecule has 0 radical (unpaired) electrons. The predicted octanol–water partition coefficient (Wildman–Crippen LogP) is 2.55. The van der Waals surface area contributed by atoms with Gasteiger partial charge in [0, 0.05) is 29.4 Å². The number of benzene rings is 2. The van der Waals surface area contributed by atoms with Gasteiger partial charge in [-0.1, -0.05) is 29.8 Å². The van der Waals surface area contributed by atoms with Gasteiger partial charge in [-0.15, -0.1) is 0 Å². The molecule has 0 unspecified atom stereocenters. The molecule has 0 saturated heterocycles. The molecule has 0 atom stereocenters. The molecule has 0 spiro atoms. The Labute approximate surface area is 158 Å². The van der Waals surface area contributed by atoms with Crippen LogP contribution in [0.25, 0.3) is 0 Å². The monoisotopic (exact) mass is 371 g/mol. The highest BCUT2D eigenvalue weighted by atomic mass is 35.5. The summed E-state index contributed by atoms with van der Waals surface area (Å²) in [6, 6.07) is 13.1. The molecule has 26 heavy (non-hydrogen) atoms. The minimum atomic E-state index is -0.420. The highest BCUT2D eigenvalue weighted by Crippen LogP contribution is 2.29. The Morgan fingerprint density at radius 2 is 1.92 bits per heavy atom. The molecule has 5 nitrogen and oxygen atoms in total. The SMILES string of the molecule is NC(=O)c1cccc2c1CCCN2CC(=O)NCCc1ccc(Cl)cc1. The third kappa shape index (κ3) is 4.35. The number of hydrogen-bond donors (Lipinski definition) is 2. The summed E-state index contributed by atoms with van der Waals surface area (Å²) in [5.41, 5.74) is 9.03. The van der Waals surface area contributed by atoms with Crippen LogP contribution in [0.1, 0.15) is 27.9 Å². The van der Waals surface area contributed by atoms with Crippen molar-refractivity contribution in [3.63, 3.8) is 0 Å². The van der Waals surface area contributed by atoms with Gasteiger partial charge in [-0.3, -0.25) is 9.59 Å². The van der Waals surface area contributed by atoms with Crippen molar-refractivity contribution in [3.05, 3.63) is 64.2 Å². The Morgan fingerprint density at radius 1 is 1.15 bits per heavy atom. The lowest BCUT2D eigenvalue weighted by molar-refractivity contribution is -0.119. The zero-order valence-corrected chi connectivity index (χ0v) is 15.3. The van der Waals surface area contributed by atoms with Crippen LogP contribution in [0.3, 0.4) is 0 Å². The van der Waals surface area contributed by atoms with Gasteiger partial charge in [0.05, 0.1) is 6.54 Å². The minimum absolute atomic E-state index is 0.0312. The quantitative estimate of drug-likeness (QED) is 0.819. The van der Waals surface area contributed by atoms with Crippen LogP contribution in [0.2, 0.25) is 5.02 Å². The number of nitrogens with zero attached hydrogens (tertiary/aromatic N) is 1. The molecule has 3 N–H and O–H groups in total. The van der Waals surface area contributed by atoms with E-state index in [0.717, 1.165) is 42.6 Å². The molecule has 136 valence electrons. The zero-order chi connectivity index (χ0) is 18.5. The van der Waals surface area contributed by atoms with Gasteiger partial charge < -0.3 is 16.0 Å². The van der Waals surface area contributed by atoms with Crippen molar-refractivity contribution in [1.82, 2.24) is 5.32 Å². The summed E-state index contributed by atoms with van der Waals surface area (Å²) in [5.74, 6) is -0.451. The average molecular weight is 372 g/mol. The van der Waals surface area contributed by atoms with Crippen LogP contribution in [-0.4, -0.2) is 31.4 Å². The molecule has 6 heteroatoms. The average Bonchev–Trinajstić information content (AvgIpc) is 2.63. The lowest BCUT2D eigenvalue weighted by atomic mass is 9.96. The van der Waals surface area contributed by atoms with Crippen LogP contribution in [0.4, 0.5) is 5.69 Å². The van der Waals surface area contributed by atoms with E-state index in [9.17, 15) is 9.59 Å². The Balaban J connectivity index is 1.58. The molecule has 2 amide bonds. The second-order valence-electron chi connectivity index (χ2n) is 6.42. The topological polar surface area (TPSA) is 75.4 Å². The van der Waals surface area contributed by atoms with E-state index >= 15 is 0 Å². The van der Waals surface area contributed by atoms with Gasteiger partial charge in [0.2, 0.25) is 11.8 Å². The minimum Gasteiger partial charge on any atom is -0.366 e.